The van der Waals surface area contributed by atoms with Gasteiger partial charge in [-0.25, -0.2) is 0 Å². The molecule has 0 unspecified atom stereocenters. The topological polar surface area (TPSA) is 72.7 Å². The summed E-state index contributed by atoms with van der Waals surface area (Å²) in [5.41, 5.74) is 2.63. The van der Waals surface area contributed by atoms with E-state index in [1.165, 1.54) is 11.8 Å². The lowest BCUT2D eigenvalue weighted by Gasteiger charge is -2.12. The zero-order valence-electron chi connectivity index (χ0n) is 13.7. The molecule has 0 spiro atoms. The molecule has 6 nitrogen and oxygen atoms in total. The average molecular weight is 374 g/mol. The van der Waals surface area contributed by atoms with Crippen molar-refractivity contribution in [3.63, 3.8) is 0 Å². The minimum atomic E-state index is -0.371. The van der Waals surface area contributed by atoms with Crippen molar-refractivity contribution in [1.29, 1.82) is 0 Å². The maximum Gasteiger partial charge on any atom is 0.237 e. The first-order valence-corrected chi connectivity index (χ1v) is 8.88. The number of hydrogen-bond acceptors (Lipinski definition) is 5. The fourth-order valence-corrected chi connectivity index (χ4v) is 3.12. The summed E-state index contributed by atoms with van der Waals surface area (Å²) in [6.45, 7) is 3.80. The van der Waals surface area contributed by atoms with Gasteiger partial charge in [0.1, 0.15) is 0 Å². The molecular formula is C17H16ClN5OS. The first-order valence-electron chi connectivity index (χ1n) is 7.62. The van der Waals surface area contributed by atoms with E-state index in [2.05, 4.69) is 20.8 Å². The first-order chi connectivity index (χ1) is 12.0. The summed E-state index contributed by atoms with van der Waals surface area (Å²) in [6, 6.07) is 14.8. The van der Waals surface area contributed by atoms with Crippen LogP contribution in [0.25, 0.3) is 5.69 Å². The van der Waals surface area contributed by atoms with E-state index in [9.17, 15) is 4.79 Å². The molecule has 25 heavy (non-hydrogen) atoms. The fourth-order valence-electron chi connectivity index (χ4n) is 2.19. The van der Waals surface area contributed by atoms with Gasteiger partial charge in [0.15, 0.2) is 0 Å². The molecule has 0 aliphatic rings. The highest BCUT2D eigenvalue weighted by molar-refractivity contribution is 8.00. The van der Waals surface area contributed by atoms with Crippen molar-refractivity contribution >= 4 is 35.0 Å². The Balaban J connectivity index is 1.72. The number of carbonyl (C=O) groups excluding carboxylic acids is 1. The van der Waals surface area contributed by atoms with Gasteiger partial charge in [-0.3, -0.25) is 4.79 Å². The van der Waals surface area contributed by atoms with Crippen LogP contribution in [0.1, 0.15) is 12.5 Å². The number of hydrogen-bond donors (Lipinski definition) is 1. The van der Waals surface area contributed by atoms with Crippen LogP contribution in [0, 0.1) is 6.92 Å². The normalized spacial score (nSPS) is 12.0. The van der Waals surface area contributed by atoms with Crippen LogP contribution >= 0.6 is 23.4 Å². The lowest BCUT2D eigenvalue weighted by molar-refractivity contribution is -0.115. The van der Waals surface area contributed by atoms with Crippen LogP contribution in [-0.2, 0) is 4.79 Å². The van der Waals surface area contributed by atoms with E-state index in [0.717, 1.165) is 11.3 Å². The quantitative estimate of drug-likeness (QED) is 0.689. The molecule has 0 fully saturated rings. The van der Waals surface area contributed by atoms with Crippen LogP contribution in [0.4, 0.5) is 5.69 Å². The van der Waals surface area contributed by atoms with Crippen LogP contribution in [0.5, 0.6) is 0 Å². The Morgan fingerprint density at radius 1 is 1.20 bits per heavy atom. The van der Waals surface area contributed by atoms with E-state index < -0.39 is 0 Å². The number of carbonyl (C=O) groups is 1. The Bertz CT molecular complexity index is 881. The van der Waals surface area contributed by atoms with E-state index in [0.29, 0.717) is 15.9 Å². The van der Waals surface area contributed by atoms with E-state index in [1.54, 1.807) is 28.9 Å². The molecule has 1 aromatic heterocycles. The van der Waals surface area contributed by atoms with Crippen LogP contribution in [-0.4, -0.2) is 31.4 Å². The van der Waals surface area contributed by atoms with Crippen molar-refractivity contribution in [3.05, 3.63) is 59.1 Å². The third kappa shape index (κ3) is 4.18. The van der Waals surface area contributed by atoms with Gasteiger partial charge in [0.25, 0.3) is 0 Å². The number of rotatable bonds is 5. The summed E-state index contributed by atoms with van der Waals surface area (Å²) in [5, 5.41) is 15.5. The highest BCUT2D eigenvalue weighted by atomic mass is 35.5. The number of halogens is 1. The maximum atomic E-state index is 12.4. The number of benzene rings is 2. The molecule has 1 amide bonds. The second-order valence-electron chi connectivity index (χ2n) is 5.42. The molecule has 3 aromatic rings. The van der Waals surface area contributed by atoms with E-state index >= 15 is 0 Å². The number of nitrogens with zero attached hydrogens (tertiary/aromatic N) is 4. The molecule has 1 N–H and O–H groups in total. The summed E-state index contributed by atoms with van der Waals surface area (Å²) in [4.78, 5) is 12.4. The number of anilines is 1. The van der Waals surface area contributed by atoms with Crippen molar-refractivity contribution < 1.29 is 4.79 Å². The molecule has 8 heteroatoms. The van der Waals surface area contributed by atoms with Crippen molar-refractivity contribution in [2.75, 3.05) is 5.32 Å². The van der Waals surface area contributed by atoms with Gasteiger partial charge in [-0.1, -0.05) is 41.6 Å². The fraction of sp³-hybridized carbons (Fsp3) is 0.176. The summed E-state index contributed by atoms with van der Waals surface area (Å²) in [7, 11) is 0. The average Bonchev–Trinajstić information content (AvgIpc) is 3.05. The number of aryl methyl sites for hydroxylation is 1. The van der Waals surface area contributed by atoms with Crippen LogP contribution < -0.4 is 5.32 Å². The molecule has 0 saturated heterocycles. The first kappa shape index (κ1) is 17.4. The molecule has 0 bridgehead atoms. The Labute approximate surface area is 154 Å². The van der Waals surface area contributed by atoms with Gasteiger partial charge in [0, 0.05) is 10.7 Å². The summed E-state index contributed by atoms with van der Waals surface area (Å²) < 4.78 is 1.64. The minimum absolute atomic E-state index is 0.133. The van der Waals surface area contributed by atoms with Crippen LogP contribution in [0.3, 0.4) is 0 Å². The van der Waals surface area contributed by atoms with Gasteiger partial charge in [-0.15, -0.1) is 5.10 Å². The zero-order valence-corrected chi connectivity index (χ0v) is 15.3. The minimum Gasteiger partial charge on any atom is -0.325 e. The monoisotopic (exact) mass is 373 g/mol. The molecule has 0 aliphatic carbocycles. The van der Waals surface area contributed by atoms with Gasteiger partial charge in [-0.05, 0) is 60.2 Å². The van der Waals surface area contributed by atoms with Gasteiger partial charge < -0.3 is 5.32 Å². The van der Waals surface area contributed by atoms with E-state index in [-0.39, 0.29) is 11.2 Å². The number of aromatic nitrogens is 4. The van der Waals surface area contributed by atoms with E-state index in [4.69, 9.17) is 11.6 Å². The number of amides is 1. The van der Waals surface area contributed by atoms with Crippen molar-refractivity contribution in [1.82, 2.24) is 20.2 Å². The lowest BCUT2D eigenvalue weighted by Crippen LogP contribution is -2.22. The summed E-state index contributed by atoms with van der Waals surface area (Å²) in [5.74, 6) is -0.133. The maximum absolute atomic E-state index is 12.4. The lowest BCUT2D eigenvalue weighted by atomic mass is 10.2. The third-order valence-electron chi connectivity index (χ3n) is 3.55. The summed E-state index contributed by atoms with van der Waals surface area (Å²) in [6.07, 6.45) is 0. The largest absolute Gasteiger partial charge is 0.325 e. The number of tetrazole rings is 1. The Morgan fingerprint density at radius 3 is 2.64 bits per heavy atom. The van der Waals surface area contributed by atoms with Gasteiger partial charge in [-0.2, -0.15) is 4.68 Å². The second-order valence-corrected chi connectivity index (χ2v) is 7.16. The number of para-hydroxylation sites is 1. The molecule has 1 atom stereocenters. The molecule has 0 radical (unpaired) electrons. The van der Waals surface area contributed by atoms with Gasteiger partial charge in [0.2, 0.25) is 11.1 Å². The number of nitrogens with one attached hydrogen (secondary N) is 1. The smallest absolute Gasteiger partial charge is 0.237 e. The second kappa shape index (κ2) is 7.67. The zero-order chi connectivity index (χ0) is 17.8. The number of thioether (sulfide) groups is 1. The molecule has 2 aromatic carbocycles. The Morgan fingerprint density at radius 2 is 1.92 bits per heavy atom. The summed E-state index contributed by atoms with van der Waals surface area (Å²) >= 11 is 7.15. The molecule has 128 valence electrons. The Hall–Kier alpha value is -2.38. The van der Waals surface area contributed by atoms with Gasteiger partial charge >= 0.3 is 0 Å². The van der Waals surface area contributed by atoms with Crippen molar-refractivity contribution in [2.45, 2.75) is 24.3 Å². The standard InChI is InChI=1S/C17H16ClN5OS/c1-11-5-3-4-6-15(11)23-17(20-21-22-23)25-12(2)16(24)19-14-9-7-13(18)8-10-14/h3-10,12H,1-2H3,(H,19,24)/t12-/m1/s1. The predicted molar refractivity (Wildman–Crippen MR) is 99.3 cm³/mol. The van der Waals surface area contributed by atoms with Crippen molar-refractivity contribution in [3.8, 4) is 5.69 Å². The van der Waals surface area contributed by atoms with Crippen LogP contribution in [0.2, 0.25) is 5.02 Å². The van der Waals surface area contributed by atoms with Crippen LogP contribution in [0.15, 0.2) is 53.7 Å². The molecule has 0 aliphatic heterocycles. The van der Waals surface area contributed by atoms with Gasteiger partial charge in [0.05, 0.1) is 10.9 Å². The predicted octanol–water partition coefficient (Wildman–Crippen LogP) is 3.74. The Kier molecular flexibility index (Phi) is 5.35. The van der Waals surface area contributed by atoms with Crippen molar-refractivity contribution in [2.24, 2.45) is 0 Å². The SMILES string of the molecule is Cc1ccccc1-n1nnnc1S[C@H](C)C(=O)Nc1ccc(Cl)cc1. The molecule has 0 saturated carbocycles. The highest BCUT2D eigenvalue weighted by Crippen LogP contribution is 2.25. The molecular weight excluding hydrogens is 358 g/mol. The van der Waals surface area contributed by atoms with E-state index in [1.807, 2.05) is 38.1 Å². The molecule has 1 heterocycles. The molecule has 3 rings (SSSR count). The third-order valence-corrected chi connectivity index (χ3v) is 4.83. The highest BCUT2D eigenvalue weighted by Gasteiger charge is 2.19.